The zero-order chi connectivity index (χ0) is 16.9. The van der Waals surface area contributed by atoms with Gasteiger partial charge in [0.05, 0.1) is 0 Å². The molecule has 0 radical (unpaired) electrons. The molecule has 24 heavy (non-hydrogen) atoms. The summed E-state index contributed by atoms with van der Waals surface area (Å²) >= 11 is 0. The first-order valence-electron chi connectivity index (χ1n) is 8.09. The minimum absolute atomic E-state index is 0.000686. The van der Waals surface area contributed by atoms with Crippen LogP contribution < -0.4 is 4.90 Å². The van der Waals surface area contributed by atoms with Crippen molar-refractivity contribution in [3.05, 3.63) is 60.2 Å². The highest BCUT2D eigenvalue weighted by molar-refractivity contribution is 5.82. The number of carbonyl (C=O) groups is 1. The number of anilines is 1. The maximum absolute atomic E-state index is 12.8. The summed E-state index contributed by atoms with van der Waals surface area (Å²) < 4.78 is 5.44. The molecule has 0 bridgehead atoms. The fourth-order valence-corrected chi connectivity index (χ4v) is 3.05. The van der Waals surface area contributed by atoms with E-state index in [2.05, 4.69) is 4.90 Å². The summed E-state index contributed by atoms with van der Waals surface area (Å²) in [7, 11) is 1.57. The van der Waals surface area contributed by atoms with Crippen LogP contribution in [0.5, 0.6) is 5.75 Å². The zero-order valence-electron chi connectivity index (χ0n) is 13.8. The molecule has 1 amide bonds. The predicted octanol–water partition coefficient (Wildman–Crippen LogP) is 2.43. The largest absolute Gasteiger partial charge is 0.508 e. The summed E-state index contributed by atoms with van der Waals surface area (Å²) in [5.41, 5.74) is 1.86. The molecule has 0 saturated carbocycles. The Bertz CT molecular complexity index is 682. The van der Waals surface area contributed by atoms with Gasteiger partial charge in [0.2, 0.25) is 0 Å². The summed E-state index contributed by atoms with van der Waals surface area (Å²) in [4.78, 5) is 16.8. The van der Waals surface area contributed by atoms with Crippen molar-refractivity contribution in [2.45, 2.75) is 6.10 Å². The number of rotatable bonds is 4. The molecule has 2 aromatic rings. The lowest BCUT2D eigenvalue weighted by atomic mass is 10.1. The second kappa shape index (κ2) is 7.36. The highest BCUT2D eigenvalue weighted by Gasteiger charge is 2.28. The normalized spacial score (nSPS) is 16.0. The number of nitrogens with zero attached hydrogens (tertiary/aromatic N) is 2. The van der Waals surface area contributed by atoms with Crippen molar-refractivity contribution in [3.8, 4) is 5.75 Å². The second-order valence-electron chi connectivity index (χ2n) is 5.86. The number of aromatic hydroxyl groups is 1. The smallest absolute Gasteiger partial charge is 0.256 e. The van der Waals surface area contributed by atoms with Gasteiger partial charge in [0.15, 0.2) is 6.10 Å². The fourth-order valence-electron chi connectivity index (χ4n) is 3.05. The number of hydrogen-bond donors (Lipinski definition) is 1. The van der Waals surface area contributed by atoms with Gasteiger partial charge in [0, 0.05) is 45.0 Å². The van der Waals surface area contributed by atoms with E-state index in [4.69, 9.17) is 4.74 Å². The zero-order valence-corrected chi connectivity index (χ0v) is 13.8. The molecule has 0 aliphatic carbocycles. The Hall–Kier alpha value is -2.53. The molecule has 2 aromatic carbocycles. The lowest BCUT2D eigenvalue weighted by molar-refractivity contribution is -0.142. The maximum atomic E-state index is 12.8. The Morgan fingerprint density at radius 1 is 1.04 bits per heavy atom. The molecule has 1 atom stereocenters. The van der Waals surface area contributed by atoms with Crippen LogP contribution in [0.2, 0.25) is 0 Å². The summed E-state index contributed by atoms with van der Waals surface area (Å²) in [5, 5.41) is 9.61. The van der Waals surface area contributed by atoms with Crippen molar-refractivity contribution in [1.29, 1.82) is 0 Å². The number of amides is 1. The van der Waals surface area contributed by atoms with E-state index in [0.717, 1.165) is 24.3 Å². The van der Waals surface area contributed by atoms with Gasteiger partial charge in [-0.15, -0.1) is 0 Å². The fraction of sp³-hybridized carbons (Fsp3) is 0.316. The van der Waals surface area contributed by atoms with Crippen LogP contribution >= 0.6 is 0 Å². The van der Waals surface area contributed by atoms with Crippen LogP contribution in [0.15, 0.2) is 54.6 Å². The molecule has 1 aliphatic rings. The molecule has 1 fully saturated rings. The van der Waals surface area contributed by atoms with E-state index >= 15 is 0 Å². The SMILES string of the molecule is COC(C(=O)N1CCN(c2cccc(O)c2)CC1)c1ccccc1. The minimum Gasteiger partial charge on any atom is -0.508 e. The van der Waals surface area contributed by atoms with E-state index in [1.165, 1.54) is 0 Å². The third-order valence-corrected chi connectivity index (χ3v) is 4.35. The Morgan fingerprint density at radius 2 is 1.75 bits per heavy atom. The summed E-state index contributed by atoms with van der Waals surface area (Å²) in [6.07, 6.45) is -0.557. The van der Waals surface area contributed by atoms with Crippen LogP contribution in [0.3, 0.4) is 0 Å². The molecule has 0 spiro atoms. The predicted molar refractivity (Wildman–Crippen MR) is 93.1 cm³/mol. The molecular weight excluding hydrogens is 304 g/mol. The average molecular weight is 326 g/mol. The van der Waals surface area contributed by atoms with Gasteiger partial charge in [0.25, 0.3) is 5.91 Å². The third-order valence-electron chi connectivity index (χ3n) is 4.35. The molecule has 1 unspecified atom stereocenters. The Balaban J connectivity index is 1.64. The maximum Gasteiger partial charge on any atom is 0.256 e. The van der Waals surface area contributed by atoms with Gasteiger partial charge < -0.3 is 19.6 Å². The van der Waals surface area contributed by atoms with Gasteiger partial charge in [-0.25, -0.2) is 0 Å². The molecule has 1 aliphatic heterocycles. The van der Waals surface area contributed by atoms with Crippen LogP contribution in [0.25, 0.3) is 0 Å². The number of phenols is 1. The van der Waals surface area contributed by atoms with E-state index < -0.39 is 6.10 Å². The van der Waals surface area contributed by atoms with Gasteiger partial charge in [-0.3, -0.25) is 4.79 Å². The van der Waals surface area contributed by atoms with Crippen molar-refractivity contribution in [3.63, 3.8) is 0 Å². The topological polar surface area (TPSA) is 53.0 Å². The molecule has 5 heteroatoms. The lowest BCUT2D eigenvalue weighted by Crippen LogP contribution is -2.50. The van der Waals surface area contributed by atoms with Crippen molar-refractivity contribution < 1.29 is 14.6 Å². The molecule has 126 valence electrons. The molecule has 1 N–H and O–H groups in total. The average Bonchev–Trinajstić information content (AvgIpc) is 2.63. The minimum atomic E-state index is -0.557. The number of methoxy groups -OCH3 is 1. The standard InChI is InChI=1S/C19H22N2O3/c1-24-18(15-6-3-2-4-7-15)19(23)21-12-10-20(11-13-21)16-8-5-9-17(22)14-16/h2-9,14,18,22H,10-13H2,1H3. The molecule has 1 saturated heterocycles. The van der Waals surface area contributed by atoms with Crippen molar-refractivity contribution in [2.75, 3.05) is 38.2 Å². The number of benzene rings is 2. The summed E-state index contributed by atoms with van der Waals surface area (Å²) in [6, 6.07) is 16.8. The van der Waals surface area contributed by atoms with Gasteiger partial charge in [0.1, 0.15) is 5.75 Å². The van der Waals surface area contributed by atoms with Gasteiger partial charge in [-0.1, -0.05) is 36.4 Å². The van der Waals surface area contributed by atoms with Crippen LogP contribution in [-0.2, 0) is 9.53 Å². The Morgan fingerprint density at radius 3 is 2.38 bits per heavy atom. The van der Waals surface area contributed by atoms with Crippen molar-refractivity contribution >= 4 is 11.6 Å². The van der Waals surface area contributed by atoms with Crippen molar-refractivity contribution in [1.82, 2.24) is 4.90 Å². The first kappa shape index (κ1) is 16.3. The van der Waals surface area contributed by atoms with Crippen molar-refractivity contribution in [2.24, 2.45) is 0 Å². The van der Waals surface area contributed by atoms with Crippen LogP contribution in [0, 0.1) is 0 Å². The number of hydrogen-bond acceptors (Lipinski definition) is 4. The van der Waals surface area contributed by atoms with Gasteiger partial charge in [-0.2, -0.15) is 0 Å². The van der Waals surface area contributed by atoms with Crippen LogP contribution in [0.4, 0.5) is 5.69 Å². The van der Waals surface area contributed by atoms with Gasteiger partial charge in [-0.05, 0) is 17.7 Å². The highest BCUT2D eigenvalue weighted by Crippen LogP contribution is 2.23. The van der Waals surface area contributed by atoms with Crippen LogP contribution in [-0.4, -0.2) is 49.2 Å². The number of phenolic OH excluding ortho intramolecular Hbond substituents is 1. The molecule has 3 rings (SSSR count). The quantitative estimate of drug-likeness (QED) is 0.937. The summed E-state index contributed by atoms with van der Waals surface area (Å²) in [5.74, 6) is 0.258. The lowest BCUT2D eigenvalue weighted by Gasteiger charge is -2.37. The van der Waals surface area contributed by atoms with E-state index in [0.29, 0.717) is 13.1 Å². The molecule has 1 heterocycles. The Labute approximate surface area is 142 Å². The van der Waals surface area contributed by atoms with Crippen LogP contribution in [0.1, 0.15) is 11.7 Å². The highest BCUT2D eigenvalue weighted by atomic mass is 16.5. The number of piperazine rings is 1. The first-order chi connectivity index (χ1) is 11.7. The van der Waals surface area contributed by atoms with E-state index in [-0.39, 0.29) is 11.7 Å². The third kappa shape index (κ3) is 3.51. The van der Waals surface area contributed by atoms with E-state index in [1.807, 2.05) is 47.4 Å². The monoisotopic (exact) mass is 326 g/mol. The molecule has 5 nitrogen and oxygen atoms in total. The van der Waals surface area contributed by atoms with E-state index in [9.17, 15) is 9.90 Å². The van der Waals surface area contributed by atoms with E-state index in [1.54, 1.807) is 19.2 Å². The molecule has 0 aromatic heterocycles. The second-order valence-corrected chi connectivity index (χ2v) is 5.86. The Kier molecular flexibility index (Phi) is 5.01. The number of carbonyl (C=O) groups excluding carboxylic acids is 1. The number of ether oxygens (including phenoxy) is 1. The first-order valence-corrected chi connectivity index (χ1v) is 8.09. The van der Waals surface area contributed by atoms with Gasteiger partial charge >= 0.3 is 0 Å². The summed E-state index contributed by atoms with van der Waals surface area (Å²) in [6.45, 7) is 2.75. The molecular formula is C19H22N2O3.